The molecular formula is C18H22N2O5. The summed E-state index contributed by atoms with van der Waals surface area (Å²) in [5, 5.41) is 12.7. The highest BCUT2D eigenvalue weighted by atomic mass is 16.5. The number of hydrogen-bond donors (Lipinski definition) is 1. The van der Waals surface area contributed by atoms with E-state index in [4.69, 9.17) is 14.4 Å². The number of carbonyl (C=O) groups is 2. The van der Waals surface area contributed by atoms with Gasteiger partial charge in [0.15, 0.2) is 0 Å². The fraction of sp³-hybridized carbons (Fsp3) is 0.389. The lowest BCUT2D eigenvalue weighted by atomic mass is 10.1. The Labute approximate surface area is 146 Å². The summed E-state index contributed by atoms with van der Waals surface area (Å²) in [6.07, 6.45) is -0.0956. The first-order chi connectivity index (χ1) is 11.9. The Balaban J connectivity index is 2.16. The highest BCUT2D eigenvalue weighted by Gasteiger charge is 2.20. The third-order valence-corrected chi connectivity index (χ3v) is 3.94. The van der Waals surface area contributed by atoms with Gasteiger partial charge in [0.05, 0.1) is 23.2 Å². The Bertz CT molecular complexity index is 734. The average Bonchev–Trinajstić information content (AvgIpc) is 2.91. The van der Waals surface area contributed by atoms with Crippen LogP contribution in [0.15, 0.2) is 28.8 Å². The molecule has 0 aliphatic carbocycles. The van der Waals surface area contributed by atoms with E-state index in [1.807, 2.05) is 13.8 Å². The molecule has 1 aromatic carbocycles. The predicted molar refractivity (Wildman–Crippen MR) is 90.6 cm³/mol. The van der Waals surface area contributed by atoms with Crippen LogP contribution in [0.3, 0.4) is 0 Å². The van der Waals surface area contributed by atoms with Gasteiger partial charge >= 0.3 is 5.97 Å². The van der Waals surface area contributed by atoms with Crippen LogP contribution in [0.25, 0.3) is 0 Å². The largest absolute Gasteiger partial charge is 0.488 e. The number of para-hydroxylation sites is 1. The molecule has 0 fully saturated rings. The molecule has 1 N–H and O–H groups in total. The fourth-order valence-corrected chi connectivity index (χ4v) is 2.43. The number of ether oxygens (including phenoxy) is 1. The number of hydrogen-bond acceptors (Lipinski definition) is 5. The topological polar surface area (TPSA) is 92.9 Å². The van der Waals surface area contributed by atoms with E-state index in [0.29, 0.717) is 23.6 Å². The third kappa shape index (κ3) is 4.59. The molecule has 0 unspecified atom stereocenters. The molecule has 0 bridgehead atoms. The van der Waals surface area contributed by atoms with Crippen LogP contribution in [-0.4, -0.2) is 40.1 Å². The van der Waals surface area contributed by atoms with Crippen LogP contribution < -0.4 is 4.74 Å². The number of aryl methyl sites for hydroxylation is 2. The SMILES string of the molecule is CCN(CCC(=O)O)C(=O)c1ccccc1OCc1c(C)noc1C. The van der Waals surface area contributed by atoms with Crippen molar-refractivity contribution in [2.24, 2.45) is 0 Å². The van der Waals surface area contributed by atoms with Gasteiger partial charge in [-0.25, -0.2) is 0 Å². The molecule has 0 atom stereocenters. The van der Waals surface area contributed by atoms with Gasteiger partial charge < -0.3 is 19.3 Å². The summed E-state index contributed by atoms with van der Waals surface area (Å²) < 4.78 is 10.9. The first-order valence-electron chi connectivity index (χ1n) is 8.08. The maximum Gasteiger partial charge on any atom is 0.305 e. The number of carbonyl (C=O) groups excluding carboxylic acids is 1. The molecule has 0 aliphatic rings. The van der Waals surface area contributed by atoms with E-state index >= 15 is 0 Å². The molecule has 2 rings (SSSR count). The van der Waals surface area contributed by atoms with Gasteiger partial charge in [0.2, 0.25) is 0 Å². The summed E-state index contributed by atoms with van der Waals surface area (Å²) >= 11 is 0. The van der Waals surface area contributed by atoms with Gasteiger partial charge in [0.25, 0.3) is 5.91 Å². The molecule has 0 aliphatic heterocycles. The lowest BCUT2D eigenvalue weighted by molar-refractivity contribution is -0.137. The zero-order valence-electron chi connectivity index (χ0n) is 14.6. The van der Waals surface area contributed by atoms with Gasteiger partial charge in [0, 0.05) is 13.1 Å². The van der Waals surface area contributed by atoms with Crippen LogP contribution in [0.4, 0.5) is 0 Å². The second-order valence-corrected chi connectivity index (χ2v) is 5.62. The third-order valence-electron chi connectivity index (χ3n) is 3.94. The van der Waals surface area contributed by atoms with Crippen LogP contribution in [0.2, 0.25) is 0 Å². The van der Waals surface area contributed by atoms with Crippen molar-refractivity contribution in [3.63, 3.8) is 0 Å². The van der Waals surface area contributed by atoms with E-state index in [1.54, 1.807) is 31.2 Å². The lowest BCUT2D eigenvalue weighted by Crippen LogP contribution is -2.33. The van der Waals surface area contributed by atoms with Gasteiger partial charge in [-0.15, -0.1) is 0 Å². The van der Waals surface area contributed by atoms with Crippen molar-refractivity contribution >= 4 is 11.9 Å². The maximum atomic E-state index is 12.7. The van der Waals surface area contributed by atoms with Crippen molar-refractivity contribution in [2.75, 3.05) is 13.1 Å². The number of benzene rings is 1. The summed E-state index contributed by atoms with van der Waals surface area (Å²) in [5.41, 5.74) is 2.00. The Morgan fingerprint density at radius 2 is 2.00 bits per heavy atom. The first-order valence-corrected chi connectivity index (χ1v) is 8.08. The molecule has 0 saturated heterocycles. The normalized spacial score (nSPS) is 10.5. The molecule has 0 radical (unpaired) electrons. The van der Waals surface area contributed by atoms with E-state index < -0.39 is 5.97 Å². The lowest BCUT2D eigenvalue weighted by Gasteiger charge is -2.21. The molecular weight excluding hydrogens is 324 g/mol. The van der Waals surface area contributed by atoms with Crippen LogP contribution in [0, 0.1) is 13.8 Å². The Morgan fingerprint density at radius 1 is 1.28 bits per heavy atom. The van der Waals surface area contributed by atoms with Gasteiger partial charge in [-0.2, -0.15) is 0 Å². The van der Waals surface area contributed by atoms with Crippen molar-refractivity contribution in [1.82, 2.24) is 10.1 Å². The number of carboxylic acids is 1. The monoisotopic (exact) mass is 346 g/mol. The summed E-state index contributed by atoms with van der Waals surface area (Å²) in [6.45, 7) is 6.27. The number of aliphatic carboxylic acids is 1. The van der Waals surface area contributed by atoms with Crippen LogP contribution in [0.5, 0.6) is 5.75 Å². The van der Waals surface area contributed by atoms with Crippen molar-refractivity contribution in [1.29, 1.82) is 0 Å². The van der Waals surface area contributed by atoms with Crippen molar-refractivity contribution in [3.8, 4) is 5.75 Å². The molecule has 25 heavy (non-hydrogen) atoms. The average molecular weight is 346 g/mol. The Morgan fingerprint density at radius 3 is 2.60 bits per heavy atom. The molecule has 1 aromatic heterocycles. The van der Waals surface area contributed by atoms with E-state index in [2.05, 4.69) is 5.16 Å². The van der Waals surface area contributed by atoms with Crippen molar-refractivity contribution in [3.05, 3.63) is 46.8 Å². The minimum Gasteiger partial charge on any atom is -0.488 e. The summed E-state index contributed by atoms with van der Waals surface area (Å²) in [7, 11) is 0. The van der Waals surface area contributed by atoms with E-state index in [0.717, 1.165) is 11.3 Å². The minimum absolute atomic E-state index is 0.0956. The highest BCUT2D eigenvalue weighted by Crippen LogP contribution is 2.23. The Kier molecular flexibility index (Phi) is 6.16. The first kappa shape index (κ1) is 18.5. The predicted octanol–water partition coefficient (Wildman–Crippen LogP) is 2.81. The number of aromatic nitrogens is 1. The van der Waals surface area contributed by atoms with Crippen molar-refractivity contribution in [2.45, 2.75) is 33.8 Å². The fourth-order valence-electron chi connectivity index (χ4n) is 2.43. The maximum absolute atomic E-state index is 12.7. The number of amides is 1. The molecule has 7 nitrogen and oxygen atoms in total. The van der Waals surface area contributed by atoms with Crippen molar-refractivity contribution < 1.29 is 24.0 Å². The second kappa shape index (κ2) is 8.32. The smallest absolute Gasteiger partial charge is 0.305 e. The standard InChI is InChI=1S/C18H22N2O5/c1-4-20(10-9-17(21)22)18(23)14-7-5-6-8-16(14)24-11-15-12(2)19-25-13(15)3/h5-8H,4,9-11H2,1-3H3,(H,21,22). The molecule has 134 valence electrons. The minimum atomic E-state index is -0.936. The summed E-state index contributed by atoms with van der Waals surface area (Å²) in [6, 6.07) is 6.93. The van der Waals surface area contributed by atoms with Crippen LogP contribution >= 0.6 is 0 Å². The summed E-state index contributed by atoms with van der Waals surface area (Å²) in [4.78, 5) is 25.0. The van der Waals surface area contributed by atoms with E-state index in [9.17, 15) is 9.59 Å². The van der Waals surface area contributed by atoms with Gasteiger partial charge in [-0.05, 0) is 32.9 Å². The molecule has 7 heteroatoms. The van der Waals surface area contributed by atoms with Gasteiger partial charge in [-0.3, -0.25) is 9.59 Å². The Hall–Kier alpha value is -2.83. The number of rotatable bonds is 8. The highest BCUT2D eigenvalue weighted by molar-refractivity contribution is 5.97. The summed E-state index contributed by atoms with van der Waals surface area (Å²) in [5.74, 6) is -0.0634. The molecule has 0 spiro atoms. The molecule has 2 aromatic rings. The zero-order chi connectivity index (χ0) is 18.4. The molecule has 1 amide bonds. The zero-order valence-corrected chi connectivity index (χ0v) is 14.6. The second-order valence-electron chi connectivity index (χ2n) is 5.62. The quantitative estimate of drug-likeness (QED) is 0.790. The number of carboxylic acid groups (broad SMARTS) is 1. The molecule has 1 heterocycles. The van der Waals surface area contributed by atoms with E-state index in [1.165, 1.54) is 4.90 Å². The number of nitrogens with zero attached hydrogens (tertiary/aromatic N) is 2. The van der Waals surface area contributed by atoms with Gasteiger partial charge in [0.1, 0.15) is 18.1 Å². The molecule has 0 saturated carbocycles. The van der Waals surface area contributed by atoms with Gasteiger partial charge in [-0.1, -0.05) is 17.3 Å². The van der Waals surface area contributed by atoms with E-state index in [-0.39, 0.29) is 25.5 Å². The van der Waals surface area contributed by atoms with Crippen LogP contribution in [-0.2, 0) is 11.4 Å². The van der Waals surface area contributed by atoms with Crippen LogP contribution in [0.1, 0.15) is 40.7 Å².